The van der Waals surface area contributed by atoms with E-state index in [0.717, 1.165) is 0 Å². The van der Waals surface area contributed by atoms with Crippen LogP contribution in [-0.2, 0) is 0 Å². The van der Waals surface area contributed by atoms with Gasteiger partial charge in [-0.1, -0.05) is 11.6 Å². The molecule has 0 saturated heterocycles. The zero-order chi connectivity index (χ0) is 11.4. The van der Waals surface area contributed by atoms with Crippen LogP contribution >= 0.6 is 11.6 Å². The van der Waals surface area contributed by atoms with Crippen LogP contribution < -0.4 is 11.1 Å². The SMILES string of the molecule is CC(CO)NC(=O)c1ccc(N)cc1Cl. The number of hydrogen-bond acceptors (Lipinski definition) is 3. The van der Waals surface area contributed by atoms with Gasteiger partial charge in [-0.2, -0.15) is 0 Å². The van der Waals surface area contributed by atoms with Crippen molar-refractivity contribution in [2.75, 3.05) is 12.3 Å². The summed E-state index contributed by atoms with van der Waals surface area (Å²) in [4.78, 5) is 11.6. The van der Waals surface area contributed by atoms with E-state index in [1.54, 1.807) is 19.1 Å². The number of aliphatic hydroxyl groups is 1. The van der Waals surface area contributed by atoms with Gasteiger partial charge >= 0.3 is 0 Å². The number of halogens is 1. The summed E-state index contributed by atoms with van der Waals surface area (Å²) in [5.41, 5.74) is 6.36. The quantitative estimate of drug-likeness (QED) is 0.677. The second-order valence-corrected chi connectivity index (χ2v) is 3.70. The van der Waals surface area contributed by atoms with Crippen LogP contribution in [0.25, 0.3) is 0 Å². The van der Waals surface area contributed by atoms with Gasteiger partial charge in [-0.15, -0.1) is 0 Å². The van der Waals surface area contributed by atoms with Crippen molar-refractivity contribution in [3.63, 3.8) is 0 Å². The maximum atomic E-state index is 11.6. The summed E-state index contributed by atoms with van der Waals surface area (Å²) < 4.78 is 0. The summed E-state index contributed by atoms with van der Waals surface area (Å²) >= 11 is 5.85. The summed E-state index contributed by atoms with van der Waals surface area (Å²) in [6.07, 6.45) is 0. The largest absolute Gasteiger partial charge is 0.399 e. The number of nitrogens with one attached hydrogen (secondary N) is 1. The lowest BCUT2D eigenvalue weighted by atomic mass is 10.2. The van der Waals surface area contributed by atoms with Crippen LogP contribution in [0.5, 0.6) is 0 Å². The number of benzene rings is 1. The molecule has 1 atom stereocenters. The Morgan fingerprint density at radius 3 is 2.87 bits per heavy atom. The van der Waals surface area contributed by atoms with Gasteiger partial charge in [0.15, 0.2) is 0 Å². The molecule has 1 unspecified atom stereocenters. The molecule has 0 radical (unpaired) electrons. The number of hydrogen-bond donors (Lipinski definition) is 3. The van der Waals surface area contributed by atoms with Crippen LogP contribution in [0.3, 0.4) is 0 Å². The Labute approximate surface area is 93.0 Å². The molecule has 0 aliphatic heterocycles. The third kappa shape index (κ3) is 3.11. The number of aliphatic hydroxyl groups excluding tert-OH is 1. The van der Waals surface area contributed by atoms with Crippen molar-refractivity contribution in [1.29, 1.82) is 0 Å². The van der Waals surface area contributed by atoms with E-state index in [1.165, 1.54) is 6.07 Å². The maximum absolute atomic E-state index is 11.6. The van der Waals surface area contributed by atoms with E-state index in [2.05, 4.69) is 5.32 Å². The van der Waals surface area contributed by atoms with Crippen molar-refractivity contribution >= 4 is 23.2 Å². The van der Waals surface area contributed by atoms with Crippen molar-refractivity contribution in [3.05, 3.63) is 28.8 Å². The van der Waals surface area contributed by atoms with E-state index in [-0.39, 0.29) is 18.6 Å². The number of carbonyl (C=O) groups is 1. The van der Waals surface area contributed by atoms with Gasteiger partial charge in [0.1, 0.15) is 0 Å². The predicted octanol–water partition coefficient (Wildman–Crippen LogP) is 1.03. The van der Waals surface area contributed by atoms with Gasteiger partial charge in [0.05, 0.1) is 17.2 Å². The highest BCUT2D eigenvalue weighted by atomic mass is 35.5. The fourth-order valence-electron chi connectivity index (χ4n) is 1.06. The number of amides is 1. The smallest absolute Gasteiger partial charge is 0.253 e. The molecule has 4 nitrogen and oxygen atoms in total. The van der Waals surface area contributed by atoms with Gasteiger partial charge in [-0.25, -0.2) is 0 Å². The first-order chi connectivity index (χ1) is 7.04. The van der Waals surface area contributed by atoms with Gasteiger partial charge in [-0.05, 0) is 25.1 Å². The minimum Gasteiger partial charge on any atom is -0.399 e. The molecule has 0 aromatic heterocycles. The average molecular weight is 229 g/mol. The number of carbonyl (C=O) groups excluding carboxylic acids is 1. The molecular weight excluding hydrogens is 216 g/mol. The summed E-state index contributed by atoms with van der Waals surface area (Å²) in [5.74, 6) is -0.318. The van der Waals surface area contributed by atoms with E-state index in [4.69, 9.17) is 22.4 Å². The van der Waals surface area contributed by atoms with Crippen LogP contribution in [0.15, 0.2) is 18.2 Å². The fraction of sp³-hybridized carbons (Fsp3) is 0.300. The molecule has 0 aliphatic carbocycles. The average Bonchev–Trinajstić information content (AvgIpc) is 2.17. The lowest BCUT2D eigenvalue weighted by Gasteiger charge is -2.11. The predicted molar refractivity (Wildman–Crippen MR) is 59.9 cm³/mol. The van der Waals surface area contributed by atoms with E-state index in [1.807, 2.05) is 0 Å². The highest BCUT2D eigenvalue weighted by molar-refractivity contribution is 6.34. The highest BCUT2D eigenvalue weighted by Crippen LogP contribution is 2.18. The Morgan fingerprint density at radius 1 is 1.67 bits per heavy atom. The van der Waals surface area contributed by atoms with E-state index < -0.39 is 0 Å². The molecule has 15 heavy (non-hydrogen) atoms. The molecular formula is C10H13ClN2O2. The molecule has 1 aromatic rings. The fourth-order valence-corrected chi connectivity index (χ4v) is 1.34. The van der Waals surface area contributed by atoms with Crippen LogP contribution in [0, 0.1) is 0 Å². The molecule has 5 heteroatoms. The minimum absolute atomic E-state index is 0.113. The lowest BCUT2D eigenvalue weighted by Crippen LogP contribution is -2.35. The van der Waals surface area contributed by atoms with E-state index in [0.29, 0.717) is 16.3 Å². The topological polar surface area (TPSA) is 75.3 Å². The Hall–Kier alpha value is -1.26. The number of anilines is 1. The van der Waals surface area contributed by atoms with Crippen LogP contribution in [-0.4, -0.2) is 23.7 Å². The molecule has 1 rings (SSSR count). The minimum atomic E-state index is -0.318. The Bertz CT molecular complexity index is 368. The molecule has 0 saturated carbocycles. The molecule has 0 heterocycles. The molecule has 0 bridgehead atoms. The Kier molecular flexibility index (Phi) is 3.94. The van der Waals surface area contributed by atoms with Gasteiger partial charge in [0, 0.05) is 11.7 Å². The Morgan fingerprint density at radius 2 is 2.33 bits per heavy atom. The summed E-state index contributed by atoms with van der Waals surface area (Å²) in [5, 5.41) is 11.7. The number of rotatable bonds is 3. The summed E-state index contributed by atoms with van der Waals surface area (Å²) in [6, 6.07) is 4.37. The lowest BCUT2D eigenvalue weighted by molar-refractivity contribution is 0.0922. The second kappa shape index (κ2) is 5.00. The third-order valence-electron chi connectivity index (χ3n) is 1.89. The first-order valence-electron chi connectivity index (χ1n) is 4.51. The first kappa shape index (κ1) is 11.8. The third-order valence-corrected chi connectivity index (χ3v) is 2.20. The molecule has 0 fully saturated rings. The summed E-state index contributed by atoms with van der Waals surface area (Å²) in [7, 11) is 0. The summed E-state index contributed by atoms with van der Waals surface area (Å²) in [6.45, 7) is 1.58. The van der Waals surface area contributed by atoms with Crippen molar-refractivity contribution < 1.29 is 9.90 Å². The first-order valence-corrected chi connectivity index (χ1v) is 4.89. The molecule has 1 aromatic carbocycles. The van der Waals surface area contributed by atoms with E-state index >= 15 is 0 Å². The van der Waals surface area contributed by atoms with Crippen LogP contribution in [0.2, 0.25) is 5.02 Å². The molecule has 0 aliphatic rings. The zero-order valence-corrected chi connectivity index (χ0v) is 9.08. The zero-order valence-electron chi connectivity index (χ0n) is 8.33. The normalized spacial score (nSPS) is 12.2. The van der Waals surface area contributed by atoms with Gasteiger partial charge < -0.3 is 16.2 Å². The van der Waals surface area contributed by atoms with Crippen LogP contribution in [0.1, 0.15) is 17.3 Å². The van der Waals surface area contributed by atoms with Crippen molar-refractivity contribution in [1.82, 2.24) is 5.32 Å². The Balaban J connectivity index is 2.82. The number of nitrogens with two attached hydrogens (primary N) is 1. The van der Waals surface area contributed by atoms with Crippen molar-refractivity contribution in [2.45, 2.75) is 13.0 Å². The van der Waals surface area contributed by atoms with Gasteiger partial charge in [-0.3, -0.25) is 4.79 Å². The highest BCUT2D eigenvalue weighted by Gasteiger charge is 2.12. The van der Waals surface area contributed by atoms with Gasteiger partial charge in [0.25, 0.3) is 5.91 Å². The van der Waals surface area contributed by atoms with Crippen LogP contribution in [0.4, 0.5) is 5.69 Å². The molecule has 82 valence electrons. The molecule has 1 amide bonds. The van der Waals surface area contributed by atoms with Gasteiger partial charge in [0.2, 0.25) is 0 Å². The maximum Gasteiger partial charge on any atom is 0.253 e. The van der Waals surface area contributed by atoms with E-state index in [9.17, 15) is 4.79 Å². The molecule has 0 spiro atoms. The standard InChI is InChI=1S/C10H13ClN2O2/c1-6(5-14)13-10(15)8-3-2-7(12)4-9(8)11/h2-4,6,14H,5,12H2,1H3,(H,13,15). The monoisotopic (exact) mass is 228 g/mol. The molecule has 4 N–H and O–H groups in total. The second-order valence-electron chi connectivity index (χ2n) is 3.30. The van der Waals surface area contributed by atoms with Crippen molar-refractivity contribution in [2.24, 2.45) is 0 Å². The van der Waals surface area contributed by atoms with Crippen molar-refractivity contribution in [3.8, 4) is 0 Å². The number of nitrogen functional groups attached to an aromatic ring is 1.